The van der Waals surface area contributed by atoms with E-state index >= 15 is 0 Å². The lowest BCUT2D eigenvalue weighted by Crippen LogP contribution is -2.51. The van der Waals surface area contributed by atoms with E-state index in [1.54, 1.807) is 0 Å². The predicted octanol–water partition coefficient (Wildman–Crippen LogP) is 1.85. The molecule has 0 radical (unpaired) electrons. The smallest absolute Gasteiger partial charge is 0.143 e. The van der Waals surface area contributed by atoms with Crippen LogP contribution in [0.2, 0.25) is 0 Å². The molecule has 0 unspecified atom stereocenters. The average molecular weight is 262 g/mol. The highest BCUT2D eigenvalue weighted by Crippen LogP contribution is 2.57. The van der Waals surface area contributed by atoms with E-state index in [1.165, 1.54) is 0 Å². The molecule has 0 heterocycles. The van der Waals surface area contributed by atoms with Gasteiger partial charge in [-0.1, -0.05) is 25.2 Å². The molecule has 104 valence electrons. The van der Waals surface area contributed by atoms with Crippen LogP contribution in [0.1, 0.15) is 33.1 Å². The summed E-state index contributed by atoms with van der Waals surface area (Å²) in [6.45, 7) is 3.86. The normalized spacial score (nSPS) is 49.4. The summed E-state index contributed by atoms with van der Waals surface area (Å²) >= 11 is 0. The summed E-state index contributed by atoms with van der Waals surface area (Å²) in [7, 11) is 0. The maximum absolute atomic E-state index is 12.9. The van der Waals surface area contributed by atoms with Crippen molar-refractivity contribution in [2.24, 2.45) is 23.2 Å². The van der Waals surface area contributed by atoms with Crippen molar-refractivity contribution in [1.29, 1.82) is 0 Å². The van der Waals surface area contributed by atoms with Gasteiger partial charge in [-0.25, -0.2) is 0 Å². The molecule has 2 N–H and O–H groups in total. The Hall–Kier alpha value is -0.930. The highest BCUT2D eigenvalue weighted by atomic mass is 16.3. The summed E-state index contributed by atoms with van der Waals surface area (Å²) in [6, 6.07) is 0. The van der Waals surface area contributed by atoms with Gasteiger partial charge in [-0.05, 0) is 31.8 Å². The lowest BCUT2D eigenvalue weighted by Gasteiger charge is -2.45. The lowest BCUT2D eigenvalue weighted by atomic mass is 9.58. The van der Waals surface area contributed by atoms with Crippen LogP contribution in [-0.2, 0) is 4.79 Å². The third kappa shape index (κ3) is 1.61. The zero-order valence-electron chi connectivity index (χ0n) is 11.5. The molecule has 3 nitrogen and oxygen atoms in total. The van der Waals surface area contributed by atoms with Gasteiger partial charge in [0.1, 0.15) is 5.78 Å². The molecule has 0 bridgehead atoms. The molecule has 3 aliphatic carbocycles. The maximum Gasteiger partial charge on any atom is 0.143 e. The van der Waals surface area contributed by atoms with Crippen LogP contribution in [0.15, 0.2) is 23.8 Å². The van der Waals surface area contributed by atoms with E-state index < -0.39 is 17.6 Å². The number of aliphatic hydroxyl groups is 2. The van der Waals surface area contributed by atoms with Crippen LogP contribution in [-0.4, -0.2) is 28.2 Å². The number of rotatable bonds is 0. The fourth-order valence-electron chi connectivity index (χ4n) is 4.40. The van der Waals surface area contributed by atoms with Crippen molar-refractivity contribution in [3.05, 3.63) is 23.8 Å². The van der Waals surface area contributed by atoms with Gasteiger partial charge in [-0.3, -0.25) is 4.79 Å². The Bertz CT molecular complexity index is 465. The lowest BCUT2D eigenvalue weighted by molar-refractivity contribution is -0.140. The summed E-state index contributed by atoms with van der Waals surface area (Å²) in [4.78, 5) is 12.9. The van der Waals surface area contributed by atoms with Gasteiger partial charge in [0.15, 0.2) is 0 Å². The second-order valence-corrected chi connectivity index (χ2v) is 6.48. The first-order valence-corrected chi connectivity index (χ1v) is 7.24. The second kappa shape index (κ2) is 4.29. The first kappa shape index (κ1) is 13.1. The van der Waals surface area contributed by atoms with Gasteiger partial charge in [-0.15, -0.1) is 0 Å². The molecule has 1 spiro atoms. The van der Waals surface area contributed by atoms with Gasteiger partial charge < -0.3 is 10.2 Å². The van der Waals surface area contributed by atoms with Crippen molar-refractivity contribution in [2.75, 3.05) is 0 Å². The fraction of sp³-hybridized carbons (Fsp3) is 0.688. The number of ketones is 1. The van der Waals surface area contributed by atoms with Crippen molar-refractivity contribution >= 4 is 5.78 Å². The molecule has 0 aromatic heterocycles. The van der Waals surface area contributed by atoms with Crippen molar-refractivity contribution in [3.8, 4) is 0 Å². The number of carbonyl (C=O) groups excluding carboxylic acids is 1. The van der Waals surface area contributed by atoms with Crippen LogP contribution in [0.4, 0.5) is 0 Å². The first-order chi connectivity index (χ1) is 8.98. The number of aliphatic hydroxyl groups excluding tert-OH is 2. The number of hydrogen-bond donors (Lipinski definition) is 2. The molecule has 3 heteroatoms. The second-order valence-electron chi connectivity index (χ2n) is 6.48. The number of carbonyl (C=O) groups is 1. The SMILES string of the molecule is CC1=C[C@H]2[C@@H](O)CC[C@]23C(=O)[C@H](C)CC=C[C@@H]3[C@H]1O. The molecule has 19 heavy (non-hydrogen) atoms. The largest absolute Gasteiger partial charge is 0.392 e. The van der Waals surface area contributed by atoms with Gasteiger partial charge in [0, 0.05) is 23.2 Å². The summed E-state index contributed by atoms with van der Waals surface area (Å²) in [6.07, 6.45) is 7.05. The van der Waals surface area contributed by atoms with Crippen LogP contribution in [0.25, 0.3) is 0 Å². The van der Waals surface area contributed by atoms with Crippen molar-refractivity contribution in [1.82, 2.24) is 0 Å². The van der Waals surface area contributed by atoms with Crippen LogP contribution in [0.3, 0.4) is 0 Å². The van der Waals surface area contributed by atoms with Crippen LogP contribution < -0.4 is 0 Å². The molecule has 0 aliphatic heterocycles. The quantitative estimate of drug-likeness (QED) is 0.655. The maximum atomic E-state index is 12.9. The monoisotopic (exact) mass is 262 g/mol. The molecule has 3 rings (SSSR count). The fourth-order valence-corrected chi connectivity index (χ4v) is 4.40. The van der Waals surface area contributed by atoms with Crippen LogP contribution in [0.5, 0.6) is 0 Å². The molecular weight excluding hydrogens is 240 g/mol. The number of allylic oxidation sites excluding steroid dienone is 1. The van der Waals surface area contributed by atoms with E-state index in [1.807, 2.05) is 32.1 Å². The minimum absolute atomic E-state index is 0.0203. The number of hydrogen-bond acceptors (Lipinski definition) is 3. The Labute approximate surface area is 114 Å². The van der Waals surface area contributed by atoms with Crippen LogP contribution >= 0.6 is 0 Å². The Morgan fingerprint density at radius 3 is 2.79 bits per heavy atom. The van der Waals surface area contributed by atoms with E-state index in [0.29, 0.717) is 12.8 Å². The van der Waals surface area contributed by atoms with Gasteiger partial charge in [0.25, 0.3) is 0 Å². The van der Waals surface area contributed by atoms with Crippen molar-refractivity contribution < 1.29 is 15.0 Å². The minimum Gasteiger partial charge on any atom is -0.392 e. The van der Waals surface area contributed by atoms with Crippen LogP contribution in [0, 0.1) is 23.2 Å². The Morgan fingerprint density at radius 2 is 2.05 bits per heavy atom. The predicted molar refractivity (Wildman–Crippen MR) is 72.3 cm³/mol. The molecule has 0 aromatic rings. The van der Waals surface area contributed by atoms with E-state index in [9.17, 15) is 15.0 Å². The summed E-state index contributed by atoms with van der Waals surface area (Å²) in [5.74, 6) is -0.0874. The van der Waals surface area contributed by atoms with Gasteiger partial charge in [0.2, 0.25) is 0 Å². The highest BCUT2D eigenvalue weighted by molar-refractivity contribution is 5.89. The van der Waals surface area contributed by atoms with E-state index in [-0.39, 0.29) is 23.5 Å². The molecule has 0 saturated heterocycles. The molecular formula is C16H22O3. The minimum atomic E-state index is -0.591. The Kier molecular flexibility index (Phi) is 2.95. The van der Waals surface area contributed by atoms with Gasteiger partial charge >= 0.3 is 0 Å². The standard InChI is InChI=1S/C16H22O3/c1-9-4-3-5-11-14(18)10(2)8-12-13(17)6-7-16(11,12)15(9)19/h3,5,8-9,11-14,17-18H,4,6-7H2,1-2H3/t9-,11-,12+,13+,14+,16-/m1/s1. The zero-order valence-corrected chi connectivity index (χ0v) is 11.5. The summed E-state index contributed by atoms with van der Waals surface area (Å²) < 4.78 is 0. The van der Waals surface area contributed by atoms with Crippen molar-refractivity contribution in [3.63, 3.8) is 0 Å². The van der Waals surface area contributed by atoms with Gasteiger partial charge in [-0.2, -0.15) is 0 Å². The first-order valence-electron chi connectivity index (χ1n) is 7.24. The van der Waals surface area contributed by atoms with E-state index in [4.69, 9.17) is 0 Å². The van der Waals surface area contributed by atoms with E-state index in [2.05, 4.69) is 0 Å². The van der Waals surface area contributed by atoms with Crippen molar-refractivity contribution in [2.45, 2.75) is 45.3 Å². The zero-order chi connectivity index (χ0) is 13.8. The number of Topliss-reactive ketones (excluding diaryl/α,β-unsaturated/α-hetero) is 1. The molecule has 3 aliphatic rings. The Balaban J connectivity index is 2.17. The van der Waals surface area contributed by atoms with E-state index in [0.717, 1.165) is 12.0 Å². The molecule has 0 aromatic carbocycles. The third-order valence-corrected chi connectivity index (χ3v) is 5.45. The Morgan fingerprint density at radius 1 is 1.32 bits per heavy atom. The topological polar surface area (TPSA) is 57.5 Å². The molecule has 0 amide bonds. The highest BCUT2D eigenvalue weighted by Gasteiger charge is 2.60. The molecule has 6 atom stereocenters. The average Bonchev–Trinajstić information content (AvgIpc) is 2.64. The molecule has 1 fully saturated rings. The summed E-state index contributed by atoms with van der Waals surface area (Å²) in [5.41, 5.74) is 0.309. The molecule has 1 saturated carbocycles. The summed E-state index contributed by atoms with van der Waals surface area (Å²) in [5, 5.41) is 20.7. The third-order valence-electron chi connectivity index (χ3n) is 5.45. The van der Waals surface area contributed by atoms with Gasteiger partial charge in [0.05, 0.1) is 12.2 Å².